The van der Waals surface area contributed by atoms with Crippen molar-refractivity contribution < 1.29 is 33.3 Å². The molecule has 1 aliphatic rings. The summed E-state index contributed by atoms with van der Waals surface area (Å²) in [6, 6.07) is 5.14. The van der Waals surface area contributed by atoms with Gasteiger partial charge < -0.3 is 19.3 Å². The lowest BCUT2D eigenvalue weighted by atomic mass is 9.91. The Bertz CT molecular complexity index is 1260. The molecule has 42 heavy (non-hydrogen) atoms. The minimum atomic E-state index is -0.364. The number of hydrogen-bond donors (Lipinski definition) is 0. The third-order valence-corrected chi connectivity index (χ3v) is 10.3. The molecule has 1 aromatic heterocycles. The number of fused-ring (bicyclic) bond motifs is 1. The van der Waals surface area contributed by atoms with Gasteiger partial charge in [-0.25, -0.2) is 4.63 Å². The molecular weight excluding hydrogens is 580 g/mol. The number of amides is 2. The molecule has 0 atom stereocenters. The second-order valence-electron chi connectivity index (χ2n) is 10.6. The lowest BCUT2D eigenvalue weighted by Crippen LogP contribution is -2.41. The van der Waals surface area contributed by atoms with Crippen LogP contribution in [0.2, 0.25) is 0 Å². The van der Waals surface area contributed by atoms with Gasteiger partial charge in [-0.15, -0.1) is 0 Å². The third-order valence-electron chi connectivity index (χ3n) is 7.10. The standard InChI is InChI=1S/C29H40N4O7S2/c1-19(2)41-42-26(20(3)32(4)18-34)15-16-38-27(35)7-6-8-28(36)39-23-12-10-22(11-13-23)33(5)29(37)21-9-14-24-25(17-21)31-40-30-24/h9,14,17-19,22-23H,6-8,10-13,15-16H2,1-5H3/b26-20-. The smallest absolute Gasteiger partial charge is 0.306 e. The van der Waals surface area contributed by atoms with Gasteiger partial charge in [0.25, 0.3) is 5.91 Å². The van der Waals surface area contributed by atoms with Crippen molar-refractivity contribution in [3.05, 3.63) is 34.4 Å². The van der Waals surface area contributed by atoms with Crippen molar-refractivity contribution >= 4 is 56.9 Å². The first-order chi connectivity index (χ1) is 20.1. The molecule has 0 unspecified atom stereocenters. The predicted octanol–water partition coefficient (Wildman–Crippen LogP) is 5.36. The number of rotatable bonds is 15. The topological polar surface area (TPSA) is 132 Å². The van der Waals surface area contributed by atoms with E-state index in [0.29, 0.717) is 47.5 Å². The molecule has 0 N–H and O–H groups in total. The molecule has 1 aliphatic carbocycles. The summed E-state index contributed by atoms with van der Waals surface area (Å²) in [5.41, 5.74) is 2.49. The Morgan fingerprint density at radius 2 is 1.74 bits per heavy atom. The molecule has 1 fully saturated rings. The molecule has 0 saturated heterocycles. The number of aromatic nitrogens is 2. The first kappa shape index (κ1) is 33.4. The van der Waals surface area contributed by atoms with Gasteiger partial charge in [-0.2, -0.15) is 0 Å². The first-order valence-corrected chi connectivity index (χ1v) is 16.4. The molecule has 11 nitrogen and oxygen atoms in total. The summed E-state index contributed by atoms with van der Waals surface area (Å²) in [5, 5.41) is 7.97. The number of benzene rings is 1. The van der Waals surface area contributed by atoms with Crippen molar-refractivity contribution in [2.45, 2.75) is 89.5 Å². The Morgan fingerprint density at radius 1 is 1.05 bits per heavy atom. The number of hydrogen-bond acceptors (Lipinski definition) is 11. The van der Waals surface area contributed by atoms with Crippen molar-refractivity contribution in [3.8, 4) is 0 Å². The van der Waals surface area contributed by atoms with Crippen LogP contribution in [0.25, 0.3) is 11.0 Å². The molecule has 0 aliphatic heterocycles. The zero-order valence-corrected chi connectivity index (χ0v) is 26.5. The molecule has 1 saturated carbocycles. The highest BCUT2D eigenvalue weighted by Gasteiger charge is 2.29. The van der Waals surface area contributed by atoms with Crippen LogP contribution in [0.3, 0.4) is 0 Å². The van der Waals surface area contributed by atoms with E-state index in [1.807, 2.05) is 6.92 Å². The molecule has 0 radical (unpaired) electrons. The first-order valence-electron chi connectivity index (χ1n) is 14.1. The summed E-state index contributed by atoms with van der Waals surface area (Å²) in [4.78, 5) is 52.9. The quantitative estimate of drug-likeness (QED) is 0.145. The second-order valence-corrected chi connectivity index (χ2v) is 13.5. The molecule has 1 aromatic carbocycles. The van der Waals surface area contributed by atoms with Crippen LogP contribution in [0, 0.1) is 0 Å². The fourth-order valence-electron chi connectivity index (χ4n) is 4.50. The summed E-state index contributed by atoms with van der Waals surface area (Å²) >= 11 is 0. The summed E-state index contributed by atoms with van der Waals surface area (Å²) in [6.45, 7) is 6.26. The van der Waals surface area contributed by atoms with Crippen LogP contribution in [-0.4, -0.2) is 82.5 Å². The van der Waals surface area contributed by atoms with E-state index in [9.17, 15) is 19.2 Å². The van der Waals surface area contributed by atoms with Gasteiger partial charge in [-0.05, 0) is 67.5 Å². The number of allylic oxidation sites excluding steroid dienone is 1. The third kappa shape index (κ3) is 10.0. The minimum Gasteiger partial charge on any atom is -0.465 e. The SMILES string of the molecule is C/C(=C(\CCOC(=O)CCCC(=O)OC1CCC(N(C)C(=O)c2ccc3nonc3c2)CC1)SSC(C)C)N(C)C=O. The van der Waals surface area contributed by atoms with E-state index in [2.05, 4.69) is 24.2 Å². The molecule has 0 bridgehead atoms. The Kier molecular flexibility index (Phi) is 13.2. The van der Waals surface area contributed by atoms with Crippen LogP contribution in [0.1, 0.15) is 82.5 Å². The van der Waals surface area contributed by atoms with Gasteiger partial charge in [0.1, 0.15) is 17.1 Å². The monoisotopic (exact) mass is 620 g/mol. The number of carbonyl (C=O) groups excluding carboxylic acids is 4. The van der Waals surface area contributed by atoms with E-state index in [0.717, 1.165) is 29.9 Å². The Balaban J connectivity index is 1.33. The van der Waals surface area contributed by atoms with Crippen LogP contribution in [0.5, 0.6) is 0 Å². The van der Waals surface area contributed by atoms with Crippen LogP contribution < -0.4 is 0 Å². The fraction of sp³-hybridized carbons (Fsp3) is 0.586. The maximum Gasteiger partial charge on any atom is 0.306 e. The van der Waals surface area contributed by atoms with Crippen molar-refractivity contribution in [2.75, 3.05) is 20.7 Å². The van der Waals surface area contributed by atoms with E-state index < -0.39 is 0 Å². The Hall–Kier alpha value is -3.06. The van der Waals surface area contributed by atoms with Crippen LogP contribution in [0.4, 0.5) is 0 Å². The minimum absolute atomic E-state index is 0.0497. The predicted molar refractivity (Wildman–Crippen MR) is 162 cm³/mol. The average Bonchev–Trinajstić information content (AvgIpc) is 3.45. The number of nitrogens with zero attached hydrogens (tertiary/aromatic N) is 4. The molecule has 1 heterocycles. The van der Waals surface area contributed by atoms with E-state index in [1.54, 1.807) is 58.8 Å². The van der Waals surface area contributed by atoms with Gasteiger partial charge >= 0.3 is 11.9 Å². The van der Waals surface area contributed by atoms with Crippen LogP contribution >= 0.6 is 21.6 Å². The van der Waals surface area contributed by atoms with Gasteiger partial charge in [0.15, 0.2) is 0 Å². The number of esters is 2. The number of ether oxygens (including phenoxy) is 2. The van der Waals surface area contributed by atoms with Gasteiger partial charge in [0, 0.05) is 60.8 Å². The zero-order chi connectivity index (χ0) is 30.6. The highest BCUT2D eigenvalue weighted by atomic mass is 33.1. The second kappa shape index (κ2) is 16.5. The molecule has 2 aromatic rings. The average molecular weight is 621 g/mol. The fourth-order valence-corrected chi connectivity index (χ4v) is 6.78. The van der Waals surface area contributed by atoms with Crippen molar-refractivity contribution in [3.63, 3.8) is 0 Å². The highest BCUT2D eigenvalue weighted by Crippen LogP contribution is 2.37. The summed E-state index contributed by atoms with van der Waals surface area (Å²) in [7, 11) is 6.76. The van der Waals surface area contributed by atoms with E-state index in [-0.39, 0.29) is 49.4 Å². The zero-order valence-electron chi connectivity index (χ0n) is 24.9. The lowest BCUT2D eigenvalue weighted by Gasteiger charge is -2.34. The molecule has 0 spiro atoms. The van der Waals surface area contributed by atoms with Crippen molar-refractivity contribution in [1.29, 1.82) is 0 Å². The van der Waals surface area contributed by atoms with Crippen LogP contribution in [0.15, 0.2) is 33.4 Å². The van der Waals surface area contributed by atoms with E-state index in [1.165, 1.54) is 4.90 Å². The summed E-state index contributed by atoms with van der Waals surface area (Å²) in [6.07, 6.45) is 4.50. The summed E-state index contributed by atoms with van der Waals surface area (Å²) in [5.74, 6) is -0.793. The van der Waals surface area contributed by atoms with Gasteiger partial charge in [0.2, 0.25) is 6.41 Å². The number of carbonyl (C=O) groups is 4. The largest absolute Gasteiger partial charge is 0.465 e. The highest BCUT2D eigenvalue weighted by molar-refractivity contribution is 8.78. The summed E-state index contributed by atoms with van der Waals surface area (Å²) < 4.78 is 15.7. The van der Waals surface area contributed by atoms with E-state index >= 15 is 0 Å². The van der Waals surface area contributed by atoms with Gasteiger partial charge in [0.05, 0.1) is 6.61 Å². The Labute approximate surface area is 254 Å². The molecule has 230 valence electrons. The normalized spacial score (nSPS) is 17.5. The molecule has 2 amide bonds. The van der Waals surface area contributed by atoms with E-state index in [4.69, 9.17) is 14.1 Å². The maximum atomic E-state index is 13.0. The maximum absolute atomic E-state index is 13.0. The van der Waals surface area contributed by atoms with Crippen molar-refractivity contribution in [1.82, 2.24) is 20.1 Å². The van der Waals surface area contributed by atoms with Gasteiger partial charge in [-0.1, -0.05) is 35.4 Å². The van der Waals surface area contributed by atoms with Crippen molar-refractivity contribution in [2.24, 2.45) is 0 Å². The Morgan fingerprint density at radius 3 is 2.43 bits per heavy atom. The van der Waals surface area contributed by atoms with Gasteiger partial charge in [-0.3, -0.25) is 19.2 Å². The molecule has 3 rings (SSSR count). The lowest BCUT2D eigenvalue weighted by molar-refractivity contribution is -0.151. The molecular formula is C29H40N4O7S2. The van der Waals surface area contributed by atoms with Crippen LogP contribution in [-0.2, 0) is 23.9 Å². The molecule has 13 heteroatoms.